The highest BCUT2D eigenvalue weighted by Gasteiger charge is 2.23. The third-order valence-electron chi connectivity index (χ3n) is 6.16. The molecule has 1 atom stereocenters. The van der Waals surface area contributed by atoms with Gasteiger partial charge in [0, 0.05) is 63.6 Å². The lowest BCUT2D eigenvalue weighted by atomic mass is 10.0. The number of carbonyl (C=O) groups is 2. The largest absolute Gasteiger partial charge is 0.379 e. The number of benzene rings is 1. The van der Waals surface area contributed by atoms with E-state index in [1.54, 1.807) is 0 Å². The second kappa shape index (κ2) is 12.2. The molecule has 32 heavy (non-hydrogen) atoms. The molecular weight excluding hydrogens is 406 g/mol. The van der Waals surface area contributed by atoms with Crippen LogP contribution in [0.25, 0.3) is 0 Å². The fourth-order valence-electron chi connectivity index (χ4n) is 4.12. The molecule has 0 saturated carbocycles. The van der Waals surface area contributed by atoms with Gasteiger partial charge in [0.1, 0.15) is 6.04 Å². The predicted octanol–water partition coefficient (Wildman–Crippen LogP) is 1.03. The average Bonchev–Trinajstić information content (AvgIpc) is 2.79. The molecule has 2 saturated heterocycles. The first kappa shape index (κ1) is 24.5. The standard InChI is InChI=1S/C24H39N5O3/c1-19(2)18-22(24(31)25-8-9-28-14-16-32-17-15-28)26-23(30)20-4-6-21(7-5-20)29-12-10-27(3)11-13-29/h4-7,19,22H,8-18H2,1-3H3,(H,25,31)(H,26,30)/t22-/m0/s1. The van der Waals surface area contributed by atoms with Crippen molar-refractivity contribution in [2.75, 3.05) is 77.5 Å². The molecule has 178 valence electrons. The van der Waals surface area contributed by atoms with Crippen LogP contribution in [-0.2, 0) is 9.53 Å². The van der Waals surface area contributed by atoms with Crippen LogP contribution in [0.3, 0.4) is 0 Å². The van der Waals surface area contributed by atoms with Crippen LogP contribution in [0.2, 0.25) is 0 Å². The van der Waals surface area contributed by atoms with Gasteiger partial charge < -0.3 is 25.2 Å². The second-order valence-corrected chi connectivity index (χ2v) is 9.24. The molecule has 0 aromatic heterocycles. The van der Waals surface area contributed by atoms with Crippen molar-refractivity contribution in [2.45, 2.75) is 26.3 Å². The normalized spacial score (nSPS) is 19.1. The molecule has 0 spiro atoms. The molecular formula is C24H39N5O3. The summed E-state index contributed by atoms with van der Waals surface area (Å²) in [5, 5.41) is 5.95. The van der Waals surface area contributed by atoms with E-state index in [2.05, 4.69) is 46.2 Å². The summed E-state index contributed by atoms with van der Waals surface area (Å²) in [6.45, 7) is 12.8. The molecule has 0 unspecified atom stereocenters. The monoisotopic (exact) mass is 445 g/mol. The lowest BCUT2D eigenvalue weighted by Crippen LogP contribution is -2.49. The summed E-state index contributed by atoms with van der Waals surface area (Å²) in [4.78, 5) is 32.6. The van der Waals surface area contributed by atoms with Crippen LogP contribution in [0, 0.1) is 5.92 Å². The minimum atomic E-state index is -0.538. The Morgan fingerprint density at radius 1 is 1.00 bits per heavy atom. The third kappa shape index (κ3) is 7.46. The molecule has 0 aliphatic carbocycles. The molecule has 2 aliphatic heterocycles. The van der Waals surface area contributed by atoms with Crippen molar-refractivity contribution in [1.29, 1.82) is 0 Å². The van der Waals surface area contributed by atoms with Gasteiger partial charge in [-0.25, -0.2) is 0 Å². The van der Waals surface area contributed by atoms with Crippen LogP contribution in [0.4, 0.5) is 5.69 Å². The molecule has 2 aliphatic rings. The van der Waals surface area contributed by atoms with E-state index in [9.17, 15) is 9.59 Å². The van der Waals surface area contributed by atoms with E-state index in [0.29, 0.717) is 24.4 Å². The number of nitrogens with zero attached hydrogens (tertiary/aromatic N) is 3. The van der Waals surface area contributed by atoms with Crippen LogP contribution < -0.4 is 15.5 Å². The fourth-order valence-corrected chi connectivity index (χ4v) is 4.12. The van der Waals surface area contributed by atoms with Crippen molar-refractivity contribution in [3.05, 3.63) is 29.8 Å². The minimum Gasteiger partial charge on any atom is -0.379 e. The summed E-state index contributed by atoms with van der Waals surface area (Å²) in [6.07, 6.45) is 0.606. The van der Waals surface area contributed by atoms with E-state index < -0.39 is 6.04 Å². The van der Waals surface area contributed by atoms with E-state index in [1.165, 1.54) is 0 Å². The number of rotatable bonds is 9. The van der Waals surface area contributed by atoms with Crippen molar-refractivity contribution < 1.29 is 14.3 Å². The summed E-state index contributed by atoms with van der Waals surface area (Å²) in [7, 11) is 2.14. The summed E-state index contributed by atoms with van der Waals surface area (Å²) in [5.74, 6) is -0.0248. The first-order valence-corrected chi connectivity index (χ1v) is 11.8. The topological polar surface area (TPSA) is 77.2 Å². The van der Waals surface area contributed by atoms with Crippen LogP contribution in [-0.4, -0.2) is 100 Å². The molecule has 1 aromatic carbocycles. The lowest BCUT2D eigenvalue weighted by molar-refractivity contribution is -0.123. The van der Waals surface area contributed by atoms with Gasteiger partial charge in [0.25, 0.3) is 5.91 Å². The smallest absolute Gasteiger partial charge is 0.251 e. The Kier molecular flexibility index (Phi) is 9.32. The number of anilines is 1. The molecule has 0 radical (unpaired) electrons. The highest BCUT2D eigenvalue weighted by Crippen LogP contribution is 2.17. The molecule has 8 nitrogen and oxygen atoms in total. The first-order chi connectivity index (χ1) is 15.4. The van der Waals surface area contributed by atoms with Gasteiger partial charge >= 0.3 is 0 Å². The number of piperazine rings is 1. The Morgan fingerprint density at radius 3 is 2.28 bits per heavy atom. The second-order valence-electron chi connectivity index (χ2n) is 9.24. The van der Waals surface area contributed by atoms with Gasteiger partial charge in [0.15, 0.2) is 0 Å². The average molecular weight is 446 g/mol. The minimum absolute atomic E-state index is 0.116. The molecule has 2 amide bonds. The third-order valence-corrected chi connectivity index (χ3v) is 6.16. The van der Waals surface area contributed by atoms with Crippen molar-refractivity contribution in [1.82, 2.24) is 20.4 Å². The maximum absolute atomic E-state index is 12.9. The van der Waals surface area contributed by atoms with Crippen LogP contribution in [0.1, 0.15) is 30.6 Å². The fraction of sp³-hybridized carbons (Fsp3) is 0.667. The molecule has 8 heteroatoms. The summed E-state index contributed by atoms with van der Waals surface area (Å²) in [6, 6.07) is 7.17. The van der Waals surface area contributed by atoms with Crippen molar-refractivity contribution in [2.24, 2.45) is 5.92 Å². The van der Waals surface area contributed by atoms with Gasteiger partial charge in [-0.1, -0.05) is 13.8 Å². The highest BCUT2D eigenvalue weighted by molar-refractivity contribution is 5.97. The van der Waals surface area contributed by atoms with E-state index in [4.69, 9.17) is 4.74 Å². The Hall–Kier alpha value is -2.16. The molecule has 0 bridgehead atoms. The van der Waals surface area contributed by atoms with Crippen molar-refractivity contribution >= 4 is 17.5 Å². The summed E-state index contributed by atoms with van der Waals surface area (Å²) >= 11 is 0. The lowest BCUT2D eigenvalue weighted by Gasteiger charge is -2.34. The number of amides is 2. The van der Waals surface area contributed by atoms with Crippen LogP contribution >= 0.6 is 0 Å². The zero-order chi connectivity index (χ0) is 22.9. The van der Waals surface area contributed by atoms with Gasteiger partial charge in [-0.3, -0.25) is 14.5 Å². The quantitative estimate of drug-likeness (QED) is 0.591. The van der Waals surface area contributed by atoms with Gasteiger partial charge in [-0.05, 0) is 43.7 Å². The van der Waals surface area contributed by atoms with E-state index >= 15 is 0 Å². The molecule has 1 aromatic rings. The molecule has 2 fully saturated rings. The number of morpholine rings is 1. The van der Waals surface area contributed by atoms with Gasteiger partial charge in [0.2, 0.25) is 5.91 Å². The Morgan fingerprint density at radius 2 is 1.66 bits per heavy atom. The summed E-state index contributed by atoms with van der Waals surface area (Å²) in [5.41, 5.74) is 1.71. The number of hydrogen-bond donors (Lipinski definition) is 2. The number of likely N-dealkylation sites (N-methyl/N-ethyl adjacent to an activating group) is 1. The summed E-state index contributed by atoms with van der Waals surface area (Å²) < 4.78 is 5.36. The molecule has 2 heterocycles. The predicted molar refractivity (Wildman–Crippen MR) is 127 cm³/mol. The first-order valence-electron chi connectivity index (χ1n) is 11.8. The van der Waals surface area contributed by atoms with Crippen LogP contribution in [0.5, 0.6) is 0 Å². The Labute approximate surface area is 192 Å². The van der Waals surface area contributed by atoms with E-state index in [-0.39, 0.29) is 11.8 Å². The number of hydrogen-bond acceptors (Lipinski definition) is 6. The van der Waals surface area contributed by atoms with E-state index in [1.807, 2.05) is 24.3 Å². The van der Waals surface area contributed by atoms with Gasteiger partial charge in [-0.15, -0.1) is 0 Å². The van der Waals surface area contributed by atoms with Gasteiger partial charge in [-0.2, -0.15) is 0 Å². The Bertz CT molecular complexity index is 726. The van der Waals surface area contributed by atoms with Crippen molar-refractivity contribution in [3.8, 4) is 0 Å². The zero-order valence-corrected chi connectivity index (χ0v) is 19.8. The van der Waals surface area contributed by atoms with Crippen LogP contribution in [0.15, 0.2) is 24.3 Å². The number of carbonyl (C=O) groups excluding carboxylic acids is 2. The maximum atomic E-state index is 12.9. The highest BCUT2D eigenvalue weighted by atomic mass is 16.5. The SMILES string of the molecule is CC(C)C[C@H](NC(=O)c1ccc(N2CCN(C)CC2)cc1)C(=O)NCCN1CCOCC1. The Balaban J connectivity index is 1.52. The molecule has 3 rings (SSSR count). The van der Waals surface area contributed by atoms with Gasteiger partial charge in [0.05, 0.1) is 13.2 Å². The number of nitrogens with one attached hydrogen (secondary N) is 2. The molecule has 2 N–H and O–H groups in total. The van der Waals surface area contributed by atoms with E-state index in [0.717, 1.165) is 64.7 Å². The zero-order valence-electron chi connectivity index (χ0n) is 19.8. The number of ether oxygens (including phenoxy) is 1. The van der Waals surface area contributed by atoms with Crippen molar-refractivity contribution in [3.63, 3.8) is 0 Å². The maximum Gasteiger partial charge on any atom is 0.251 e.